The number of carbonyl (C=O) groups is 2. The van der Waals surface area contributed by atoms with Gasteiger partial charge in [-0.15, -0.1) is 0 Å². The van der Waals surface area contributed by atoms with Crippen LogP contribution in [0, 0.1) is 0 Å². The summed E-state index contributed by atoms with van der Waals surface area (Å²) in [6.45, 7) is 2.43. The monoisotopic (exact) mass is 456 g/mol. The van der Waals surface area contributed by atoms with Crippen molar-refractivity contribution in [2.45, 2.75) is 38.0 Å². The second-order valence-electron chi connectivity index (χ2n) is 8.54. The lowest BCUT2D eigenvalue weighted by Gasteiger charge is -2.32. The number of piperidine rings is 1. The Kier molecular flexibility index (Phi) is 6.62. The quantitative estimate of drug-likeness (QED) is 0.507. The second-order valence-corrected chi connectivity index (χ2v) is 10.1. The fourth-order valence-electron chi connectivity index (χ4n) is 4.47. The minimum absolute atomic E-state index is 0.0372. The van der Waals surface area contributed by atoms with Gasteiger partial charge in [0.15, 0.2) is 11.5 Å². The van der Waals surface area contributed by atoms with E-state index in [2.05, 4.69) is 34.5 Å². The van der Waals surface area contributed by atoms with Gasteiger partial charge in [-0.05, 0) is 61.5 Å². The van der Waals surface area contributed by atoms with Gasteiger partial charge < -0.3 is 14.4 Å². The largest absolute Gasteiger partial charge is 0.382 e. The number of amides is 1. The second kappa shape index (κ2) is 9.42. The van der Waals surface area contributed by atoms with Crippen molar-refractivity contribution in [3.05, 3.63) is 59.2 Å². The van der Waals surface area contributed by atoms with Crippen LogP contribution in [0.3, 0.4) is 0 Å². The molecule has 2 aromatic rings. The average Bonchev–Trinajstić information content (AvgIpc) is 2.77. The maximum absolute atomic E-state index is 13.0. The van der Waals surface area contributed by atoms with E-state index in [0.29, 0.717) is 31.0 Å². The molecule has 0 saturated carbocycles. The highest BCUT2D eigenvalue weighted by atomic mass is 32.2. The Hall–Kier alpha value is -2.71. The molecule has 2 aliphatic heterocycles. The van der Waals surface area contributed by atoms with E-state index in [-0.39, 0.29) is 29.4 Å². The molecule has 2 aliphatic rings. The van der Waals surface area contributed by atoms with E-state index in [9.17, 15) is 18.0 Å². The minimum Gasteiger partial charge on any atom is -0.382 e. The first-order valence-electron chi connectivity index (χ1n) is 11.0. The van der Waals surface area contributed by atoms with Crippen LogP contribution in [-0.2, 0) is 21.3 Å². The summed E-state index contributed by atoms with van der Waals surface area (Å²) >= 11 is 0. The number of nitrogens with zero attached hydrogens (tertiary/aromatic N) is 1. The van der Waals surface area contributed by atoms with Gasteiger partial charge in [0.05, 0.1) is 11.8 Å². The Morgan fingerprint density at radius 1 is 1.12 bits per heavy atom. The molecular weight excluding hydrogens is 428 g/mol. The van der Waals surface area contributed by atoms with E-state index in [1.54, 1.807) is 12.1 Å². The molecule has 2 aromatic carbocycles. The predicted molar refractivity (Wildman–Crippen MR) is 123 cm³/mol. The maximum atomic E-state index is 13.0. The third kappa shape index (κ3) is 5.55. The molecule has 1 N–H and O–H groups in total. The molecule has 0 atom stereocenters. The van der Waals surface area contributed by atoms with Gasteiger partial charge >= 0.3 is 10.1 Å². The van der Waals surface area contributed by atoms with Gasteiger partial charge in [0, 0.05) is 25.1 Å². The van der Waals surface area contributed by atoms with Crippen LogP contribution in [0.2, 0.25) is 0 Å². The summed E-state index contributed by atoms with van der Waals surface area (Å²) < 4.78 is 28.6. The topological polar surface area (TPSA) is 92.8 Å². The highest BCUT2D eigenvalue weighted by Gasteiger charge is 2.25. The number of ketones is 1. The van der Waals surface area contributed by atoms with Crippen molar-refractivity contribution in [3.63, 3.8) is 0 Å². The third-order valence-corrected chi connectivity index (χ3v) is 6.64. The van der Waals surface area contributed by atoms with Gasteiger partial charge in [-0.25, -0.2) is 0 Å². The number of hydrogen-bond acceptors (Lipinski definition) is 6. The number of nitrogens with one attached hydrogen (secondary N) is 1. The summed E-state index contributed by atoms with van der Waals surface area (Å²) in [7, 11) is -3.79. The highest BCUT2D eigenvalue weighted by Crippen LogP contribution is 2.33. The highest BCUT2D eigenvalue weighted by molar-refractivity contribution is 7.86. The zero-order valence-electron chi connectivity index (χ0n) is 18.2. The van der Waals surface area contributed by atoms with E-state index < -0.39 is 10.1 Å². The number of likely N-dealkylation sites (tertiary alicyclic amines) is 1. The summed E-state index contributed by atoms with van der Waals surface area (Å²) in [4.78, 5) is 27.1. The molecule has 0 aromatic heterocycles. The Labute approximate surface area is 188 Å². The number of rotatable bonds is 7. The number of benzene rings is 2. The molecule has 4 rings (SSSR count). The van der Waals surface area contributed by atoms with Crippen molar-refractivity contribution in [2.75, 3.05) is 31.2 Å². The lowest BCUT2D eigenvalue weighted by Crippen LogP contribution is -2.34. The minimum atomic E-state index is -3.79. The molecule has 0 aliphatic carbocycles. The summed E-state index contributed by atoms with van der Waals surface area (Å²) in [5.41, 5.74) is 2.87. The number of fused-ring (bicyclic) bond motifs is 1. The van der Waals surface area contributed by atoms with Gasteiger partial charge in [0.25, 0.3) is 0 Å². The van der Waals surface area contributed by atoms with E-state index in [1.165, 1.54) is 5.56 Å². The SMILES string of the molecule is CS(=O)(=O)Oc1cc2c(cc1C(=O)CCN1CCC(c3ccccc3)CC1)NC(=O)CC2. The van der Waals surface area contributed by atoms with Crippen LogP contribution in [0.25, 0.3) is 0 Å². The molecule has 0 unspecified atom stereocenters. The van der Waals surface area contributed by atoms with E-state index in [1.807, 2.05) is 6.07 Å². The Morgan fingerprint density at radius 3 is 2.53 bits per heavy atom. The summed E-state index contributed by atoms with van der Waals surface area (Å²) in [5, 5.41) is 2.76. The molecule has 8 heteroatoms. The Morgan fingerprint density at radius 2 is 1.84 bits per heavy atom. The lowest BCUT2D eigenvalue weighted by molar-refractivity contribution is -0.116. The first-order chi connectivity index (χ1) is 15.3. The zero-order valence-corrected chi connectivity index (χ0v) is 19.0. The summed E-state index contributed by atoms with van der Waals surface area (Å²) in [6.07, 6.45) is 4.10. The van der Waals surface area contributed by atoms with Gasteiger partial charge in [-0.2, -0.15) is 8.42 Å². The van der Waals surface area contributed by atoms with Gasteiger partial charge in [-0.1, -0.05) is 30.3 Å². The molecule has 0 radical (unpaired) electrons. The van der Waals surface area contributed by atoms with Crippen LogP contribution in [0.4, 0.5) is 5.69 Å². The molecule has 32 heavy (non-hydrogen) atoms. The molecule has 2 heterocycles. The molecule has 7 nitrogen and oxygen atoms in total. The standard InChI is InChI=1S/C24H28N2O5S/c1-32(29,30)31-23-15-19-7-8-24(28)25-21(19)16-20(23)22(27)11-14-26-12-9-18(10-13-26)17-5-3-2-4-6-17/h2-6,15-16,18H,7-14H2,1H3,(H,25,28). The van der Waals surface area contributed by atoms with Gasteiger partial charge in [0.2, 0.25) is 5.91 Å². The molecule has 1 fully saturated rings. The van der Waals surface area contributed by atoms with Gasteiger partial charge in [0.1, 0.15) is 0 Å². The van der Waals surface area contributed by atoms with Crippen molar-refractivity contribution in [1.82, 2.24) is 4.90 Å². The van der Waals surface area contributed by atoms with Crippen LogP contribution in [-0.4, -0.2) is 50.9 Å². The number of carbonyl (C=O) groups excluding carboxylic acids is 2. The fourth-order valence-corrected chi connectivity index (χ4v) is 4.93. The molecule has 170 valence electrons. The summed E-state index contributed by atoms with van der Waals surface area (Å²) in [5.74, 6) is 0.266. The zero-order chi connectivity index (χ0) is 22.7. The number of aryl methyl sites for hydroxylation is 1. The fraction of sp³-hybridized carbons (Fsp3) is 0.417. The van der Waals surface area contributed by atoms with Crippen molar-refractivity contribution in [3.8, 4) is 5.75 Å². The summed E-state index contributed by atoms with van der Waals surface area (Å²) in [6, 6.07) is 13.6. The van der Waals surface area contributed by atoms with E-state index in [4.69, 9.17) is 4.18 Å². The first-order valence-corrected chi connectivity index (χ1v) is 12.8. The Bertz CT molecular complexity index is 1110. The first kappa shape index (κ1) is 22.5. The van der Waals surface area contributed by atoms with Crippen molar-refractivity contribution in [2.24, 2.45) is 0 Å². The van der Waals surface area contributed by atoms with Crippen LogP contribution in [0.15, 0.2) is 42.5 Å². The van der Waals surface area contributed by atoms with Crippen molar-refractivity contribution < 1.29 is 22.2 Å². The predicted octanol–water partition coefficient (Wildman–Crippen LogP) is 3.36. The Balaban J connectivity index is 1.42. The van der Waals surface area contributed by atoms with Crippen LogP contribution < -0.4 is 9.50 Å². The number of hydrogen-bond donors (Lipinski definition) is 1. The smallest absolute Gasteiger partial charge is 0.306 e. The van der Waals surface area contributed by atoms with Crippen molar-refractivity contribution in [1.29, 1.82) is 0 Å². The molecule has 1 amide bonds. The molecule has 0 bridgehead atoms. The van der Waals surface area contributed by atoms with E-state index >= 15 is 0 Å². The van der Waals surface area contributed by atoms with Crippen molar-refractivity contribution >= 4 is 27.5 Å². The van der Waals surface area contributed by atoms with Crippen LogP contribution in [0.5, 0.6) is 5.75 Å². The molecule has 0 spiro atoms. The lowest BCUT2D eigenvalue weighted by atomic mass is 9.89. The van der Waals surface area contributed by atoms with Crippen LogP contribution >= 0.6 is 0 Å². The number of anilines is 1. The average molecular weight is 457 g/mol. The maximum Gasteiger partial charge on any atom is 0.306 e. The molecular formula is C24H28N2O5S. The normalized spacial score (nSPS) is 17.5. The molecule has 1 saturated heterocycles. The van der Waals surface area contributed by atoms with E-state index in [0.717, 1.165) is 37.8 Å². The van der Waals surface area contributed by atoms with Gasteiger partial charge in [-0.3, -0.25) is 9.59 Å². The number of Topliss-reactive ketones (excluding diaryl/α,β-unsaturated/α-hetero) is 1. The van der Waals surface area contributed by atoms with Crippen LogP contribution in [0.1, 0.15) is 53.1 Å². The third-order valence-electron chi connectivity index (χ3n) is 6.16.